The second kappa shape index (κ2) is 8.35. The van der Waals surface area contributed by atoms with Crippen molar-refractivity contribution in [2.24, 2.45) is 0 Å². The molecule has 0 aliphatic heterocycles. The zero-order chi connectivity index (χ0) is 19.2. The van der Waals surface area contributed by atoms with Crippen molar-refractivity contribution in [1.82, 2.24) is 10.1 Å². The summed E-state index contributed by atoms with van der Waals surface area (Å²) in [6, 6.07) is 12.7. The van der Waals surface area contributed by atoms with Gasteiger partial charge < -0.3 is 19.3 Å². The van der Waals surface area contributed by atoms with Crippen LogP contribution in [0.4, 0.5) is 5.69 Å². The summed E-state index contributed by atoms with van der Waals surface area (Å²) in [5, 5.41) is 6.78. The van der Waals surface area contributed by atoms with Gasteiger partial charge in [-0.15, -0.1) is 0 Å². The third-order valence-electron chi connectivity index (χ3n) is 3.99. The maximum atomic E-state index is 12.4. The Morgan fingerprint density at radius 1 is 1.11 bits per heavy atom. The summed E-state index contributed by atoms with van der Waals surface area (Å²) in [6.07, 6.45) is 0.913. The van der Waals surface area contributed by atoms with Gasteiger partial charge >= 0.3 is 0 Å². The number of methoxy groups -OCH3 is 2. The smallest absolute Gasteiger partial charge is 0.257 e. The van der Waals surface area contributed by atoms with Gasteiger partial charge in [0.05, 0.1) is 20.6 Å². The third kappa shape index (κ3) is 4.44. The highest BCUT2D eigenvalue weighted by atomic mass is 16.5. The number of amides is 1. The average Bonchev–Trinajstić information content (AvgIpc) is 3.17. The van der Waals surface area contributed by atoms with Gasteiger partial charge in [0, 0.05) is 17.7 Å². The van der Waals surface area contributed by atoms with Crippen LogP contribution in [0, 0.1) is 0 Å². The number of nitrogens with zero attached hydrogens (tertiary/aromatic N) is 2. The minimum absolute atomic E-state index is 0.140. The summed E-state index contributed by atoms with van der Waals surface area (Å²) in [4.78, 5) is 16.7. The highest BCUT2D eigenvalue weighted by Gasteiger charge is 2.11. The zero-order valence-electron chi connectivity index (χ0n) is 15.5. The summed E-state index contributed by atoms with van der Waals surface area (Å²) < 4.78 is 15.7. The van der Waals surface area contributed by atoms with Crippen molar-refractivity contribution >= 4 is 11.6 Å². The SMILES string of the molecule is CCc1noc(-c2cccc(NC(=O)Cc3ccc(OC)c(OC)c3)c2)n1. The van der Waals surface area contributed by atoms with Gasteiger partial charge in [-0.25, -0.2) is 0 Å². The number of aryl methyl sites for hydroxylation is 1. The Bertz CT molecular complexity index is 936. The Balaban J connectivity index is 1.70. The molecule has 0 aliphatic rings. The van der Waals surface area contributed by atoms with Crippen LogP contribution in [0.25, 0.3) is 11.5 Å². The Morgan fingerprint density at radius 3 is 2.63 bits per heavy atom. The van der Waals surface area contributed by atoms with Crippen LogP contribution >= 0.6 is 0 Å². The molecule has 7 nitrogen and oxygen atoms in total. The van der Waals surface area contributed by atoms with Crippen molar-refractivity contribution in [2.75, 3.05) is 19.5 Å². The Labute approximate surface area is 157 Å². The summed E-state index contributed by atoms with van der Waals surface area (Å²) in [6.45, 7) is 1.96. The Morgan fingerprint density at radius 2 is 1.93 bits per heavy atom. The number of ether oxygens (including phenoxy) is 2. The van der Waals surface area contributed by atoms with E-state index in [2.05, 4.69) is 15.5 Å². The maximum Gasteiger partial charge on any atom is 0.257 e. The number of aromatic nitrogens is 2. The van der Waals surface area contributed by atoms with Gasteiger partial charge in [0.1, 0.15) is 0 Å². The van der Waals surface area contributed by atoms with Crippen molar-refractivity contribution in [2.45, 2.75) is 19.8 Å². The molecule has 0 radical (unpaired) electrons. The molecule has 3 aromatic rings. The number of carbonyl (C=O) groups is 1. The van der Waals surface area contributed by atoms with Crippen molar-refractivity contribution in [3.63, 3.8) is 0 Å². The third-order valence-corrected chi connectivity index (χ3v) is 3.99. The molecule has 0 unspecified atom stereocenters. The minimum Gasteiger partial charge on any atom is -0.493 e. The fourth-order valence-corrected chi connectivity index (χ4v) is 2.63. The molecular weight excluding hydrogens is 346 g/mol. The maximum absolute atomic E-state index is 12.4. The number of rotatable bonds is 7. The molecule has 1 aromatic heterocycles. The lowest BCUT2D eigenvalue weighted by molar-refractivity contribution is -0.115. The molecular formula is C20H21N3O4. The molecule has 0 bridgehead atoms. The van der Waals surface area contributed by atoms with Crippen LogP contribution in [0.1, 0.15) is 18.3 Å². The van der Waals surface area contributed by atoms with E-state index in [0.29, 0.717) is 35.3 Å². The van der Waals surface area contributed by atoms with Gasteiger partial charge in [-0.1, -0.05) is 24.2 Å². The second-order valence-corrected chi connectivity index (χ2v) is 5.86. The van der Waals surface area contributed by atoms with Gasteiger partial charge in [0.15, 0.2) is 17.3 Å². The second-order valence-electron chi connectivity index (χ2n) is 5.86. The van der Waals surface area contributed by atoms with Crippen molar-refractivity contribution in [3.8, 4) is 23.0 Å². The first-order valence-electron chi connectivity index (χ1n) is 8.56. The first-order chi connectivity index (χ1) is 13.1. The molecule has 0 spiro atoms. The van der Waals surface area contributed by atoms with E-state index in [4.69, 9.17) is 14.0 Å². The molecule has 140 valence electrons. The van der Waals surface area contributed by atoms with Crippen LogP contribution in [0.15, 0.2) is 47.0 Å². The van der Waals surface area contributed by atoms with E-state index >= 15 is 0 Å². The normalized spacial score (nSPS) is 10.5. The zero-order valence-corrected chi connectivity index (χ0v) is 15.5. The van der Waals surface area contributed by atoms with E-state index < -0.39 is 0 Å². The number of carbonyl (C=O) groups excluding carboxylic acids is 1. The number of hydrogen-bond acceptors (Lipinski definition) is 6. The van der Waals surface area contributed by atoms with Crippen LogP contribution in [-0.4, -0.2) is 30.3 Å². The first-order valence-corrected chi connectivity index (χ1v) is 8.56. The fourth-order valence-electron chi connectivity index (χ4n) is 2.63. The number of hydrogen-bond donors (Lipinski definition) is 1. The van der Waals surface area contributed by atoms with Crippen LogP contribution in [-0.2, 0) is 17.6 Å². The largest absolute Gasteiger partial charge is 0.493 e. The molecule has 1 N–H and O–H groups in total. The lowest BCUT2D eigenvalue weighted by atomic mass is 10.1. The predicted octanol–water partition coefficient (Wildman–Crippen LogP) is 3.50. The van der Waals surface area contributed by atoms with Gasteiger partial charge in [-0.05, 0) is 35.9 Å². The molecule has 3 rings (SSSR count). The summed E-state index contributed by atoms with van der Waals surface area (Å²) in [5.41, 5.74) is 2.24. The molecule has 0 saturated heterocycles. The first kappa shape index (κ1) is 18.4. The average molecular weight is 367 g/mol. The number of benzene rings is 2. The lowest BCUT2D eigenvalue weighted by Gasteiger charge is -2.10. The molecule has 27 heavy (non-hydrogen) atoms. The van der Waals surface area contributed by atoms with Crippen LogP contribution in [0.3, 0.4) is 0 Å². The lowest BCUT2D eigenvalue weighted by Crippen LogP contribution is -2.14. The van der Waals surface area contributed by atoms with Crippen LogP contribution < -0.4 is 14.8 Å². The van der Waals surface area contributed by atoms with Crippen molar-refractivity contribution in [3.05, 3.63) is 53.9 Å². The summed E-state index contributed by atoms with van der Waals surface area (Å²) >= 11 is 0. The molecule has 0 atom stereocenters. The van der Waals surface area contributed by atoms with E-state index in [1.54, 1.807) is 32.4 Å². The van der Waals surface area contributed by atoms with Gasteiger partial charge in [0.25, 0.3) is 5.89 Å². The standard InChI is InChI=1S/C20H21N3O4/c1-4-18-22-20(27-23-18)14-6-5-7-15(12-14)21-19(24)11-13-8-9-16(25-2)17(10-13)26-3/h5-10,12H,4,11H2,1-3H3,(H,21,24). The van der Waals surface area contributed by atoms with E-state index in [0.717, 1.165) is 11.1 Å². The van der Waals surface area contributed by atoms with Crippen molar-refractivity contribution < 1.29 is 18.8 Å². The quantitative estimate of drug-likeness (QED) is 0.688. The molecule has 2 aromatic carbocycles. The topological polar surface area (TPSA) is 86.5 Å². The van der Waals surface area contributed by atoms with E-state index in [1.807, 2.05) is 31.2 Å². The Hall–Kier alpha value is -3.35. The Kier molecular flexibility index (Phi) is 5.71. The highest BCUT2D eigenvalue weighted by molar-refractivity contribution is 5.92. The summed E-state index contributed by atoms with van der Waals surface area (Å²) in [7, 11) is 3.14. The molecule has 7 heteroatoms. The highest BCUT2D eigenvalue weighted by Crippen LogP contribution is 2.28. The summed E-state index contributed by atoms with van der Waals surface area (Å²) in [5.74, 6) is 2.16. The number of anilines is 1. The predicted molar refractivity (Wildman–Crippen MR) is 101 cm³/mol. The van der Waals surface area contributed by atoms with E-state index in [-0.39, 0.29) is 12.3 Å². The van der Waals surface area contributed by atoms with E-state index in [9.17, 15) is 4.79 Å². The minimum atomic E-state index is -0.140. The van der Waals surface area contributed by atoms with Crippen LogP contribution in [0.2, 0.25) is 0 Å². The van der Waals surface area contributed by atoms with Crippen molar-refractivity contribution in [1.29, 1.82) is 0 Å². The number of nitrogens with one attached hydrogen (secondary N) is 1. The van der Waals surface area contributed by atoms with E-state index in [1.165, 1.54) is 0 Å². The fraction of sp³-hybridized carbons (Fsp3) is 0.250. The molecule has 0 fully saturated rings. The van der Waals surface area contributed by atoms with Gasteiger partial charge in [-0.3, -0.25) is 4.79 Å². The van der Waals surface area contributed by atoms with Gasteiger partial charge in [0.2, 0.25) is 5.91 Å². The van der Waals surface area contributed by atoms with Gasteiger partial charge in [-0.2, -0.15) is 4.98 Å². The molecule has 0 saturated carbocycles. The molecule has 0 aliphatic carbocycles. The molecule has 1 amide bonds. The monoisotopic (exact) mass is 367 g/mol. The molecule has 1 heterocycles. The van der Waals surface area contributed by atoms with Crippen LogP contribution in [0.5, 0.6) is 11.5 Å².